The van der Waals surface area contributed by atoms with E-state index >= 15 is 0 Å². The van der Waals surface area contributed by atoms with Crippen molar-refractivity contribution >= 4 is 40.4 Å². The molecule has 1 heterocycles. The number of thioether (sulfide) groups is 2. The zero-order valence-electron chi connectivity index (χ0n) is 16.5. The summed E-state index contributed by atoms with van der Waals surface area (Å²) in [6.45, 7) is 2.04. The van der Waals surface area contributed by atoms with Gasteiger partial charge in [0.2, 0.25) is 5.91 Å². The van der Waals surface area contributed by atoms with Crippen molar-refractivity contribution in [2.45, 2.75) is 17.0 Å². The highest BCUT2D eigenvalue weighted by atomic mass is 32.2. The minimum atomic E-state index is -0.153. The second kappa shape index (κ2) is 9.67. The summed E-state index contributed by atoms with van der Waals surface area (Å²) in [7, 11) is 3.40. The number of aromatic nitrogens is 2. The van der Waals surface area contributed by atoms with Crippen LogP contribution >= 0.6 is 23.5 Å². The molecule has 1 aromatic heterocycles. The van der Waals surface area contributed by atoms with E-state index in [-0.39, 0.29) is 16.9 Å². The molecule has 3 rings (SSSR count). The predicted molar refractivity (Wildman–Crippen MR) is 119 cm³/mol. The first-order chi connectivity index (χ1) is 14.0. The maximum atomic E-state index is 12.5. The van der Waals surface area contributed by atoms with E-state index in [1.807, 2.05) is 60.2 Å². The van der Waals surface area contributed by atoms with Gasteiger partial charge < -0.3 is 10.2 Å². The van der Waals surface area contributed by atoms with Crippen LogP contribution in [0.2, 0.25) is 0 Å². The number of amides is 2. The number of nitrogens with zero attached hydrogens (tertiary/aromatic N) is 3. The fraction of sp³-hybridized carbons (Fsp3) is 0.190. The molecular weight excluding hydrogens is 404 g/mol. The number of para-hydroxylation sites is 2. The van der Waals surface area contributed by atoms with Crippen molar-refractivity contribution in [1.82, 2.24) is 14.5 Å². The van der Waals surface area contributed by atoms with E-state index < -0.39 is 0 Å². The second-order valence-electron chi connectivity index (χ2n) is 6.46. The lowest BCUT2D eigenvalue weighted by Gasteiger charge is -2.13. The van der Waals surface area contributed by atoms with Gasteiger partial charge in [-0.1, -0.05) is 42.1 Å². The summed E-state index contributed by atoms with van der Waals surface area (Å²) >= 11 is 2.45. The van der Waals surface area contributed by atoms with Gasteiger partial charge in [-0.3, -0.25) is 14.2 Å². The predicted octanol–water partition coefficient (Wildman–Crippen LogP) is 4.69. The Balaban J connectivity index is 1.66. The Hall–Kier alpha value is -2.71. The number of carbonyl (C=O) groups is 2. The average Bonchev–Trinajstić information content (AvgIpc) is 3.16. The van der Waals surface area contributed by atoms with E-state index in [0.29, 0.717) is 10.6 Å². The Morgan fingerprint density at radius 2 is 1.83 bits per heavy atom. The molecule has 0 saturated heterocycles. The Kier molecular flexibility index (Phi) is 7.00. The van der Waals surface area contributed by atoms with Gasteiger partial charge in [-0.25, -0.2) is 4.98 Å². The quantitative estimate of drug-likeness (QED) is 0.580. The SMILES string of the molecule is Cc1ccccc1-n1ccnc1SCC(=O)Nc1ccccc1SC(=O)N(C)C. The number of hydrogen-bond acceptors (Lipinski definition) is 5. The van der Waals surface area contributed by atoms with Crippen LogP contribution in [0.15, 0.2) is 71.0 Å². The molecule has 0 aliphatic heterocycles. The van der Waals surface area contributed by atoms with Crippen LogP contribution < -0.4 is 5.32 Å². The smallest absolute Gasteiger partial charge is 0.286 e. The monoisotopic (exact) mass is 426 g/mol. The number of anilines is 1. The van der Waals surface area contributed by atoms with Crippen molar-refractivity contribution in [2.75, 3.05) is 25.2 Å². The van der Waals surface area contributed by atoms with Crippen LogP contribution in [0, 0.1) is 6.92 Å². The maximum absolute atomic E-state index is 12.5. The van der Waals surface area contributed by atoms with Crippen LogP contribution in [-0.2, 0) is 4.79 Å². The van der Waals surface area contributed by atoms with E-state index in [1.165, 1.54) is 16.7 Å². The third kappa shape index (κ3) is 5.42. The molecule has 0 saturated carbocycles. The van der Waals surface area contributed by atoms with Gasteiger partial charge in [0.25, 0.3) is 5.24 Å². The topological polar surface area (TPSA) is 67.2 Å². The van der Waals surface area contributed by atoms with Crippen molar-refractivity contribution in [2.24, 2.45) is 0 Å². The maximum Gasteiger partial charge on any atom is 0.286 e. The molecule has 0 aliphatic carbocycles. The first kappa shape index (κ1) is 21.0. The van der Waals surface area contributed by atoms with Crippen LogP contribution in [-0.4, -0.2) is 45.4 Å². The first-order valence-electron chi connectivity index (χ1n) is 8.96. The number of nitrogens with one attached hydrogen (secondary N) is 1. The van der Waals surface area contributed by atoms with Gasteiger partial charge in [-0.2, -0.15) is 0 Å². The number of benzene rings is 2. The van der Waals surface area contributed by atoms with Crippen LogP contribution in [0.5, 0.6) is 0 Å². The molecular formula is C21H22N4O2S2. The molecule has 3 aromatic rings. The molecule has 2 aromatic carbocycles. The highest BCUT2D eigenvalue weighted by molar-refractivity contribution is 8.13. The van der Waals surface area contributed by atoms with E-state index in [0.717, 1.165) is 28.2 Å². The summed E-state index contributed by atoms with van der Waals surface area (Å²) < 4.78 is 1.98. The van der Waals surface area contributed by atoms with Gasteiger partial charge in [-0.15, -0.1) is 0 Å². The van der Waals surface area contributed by atoms with Crippen molar-refractivity contribution in [1.29, 1.82) is 0 Å². The molecule has 0 spiro atoms. The lowest BCUT2D eigenvalue weighted by Crippen LogP contribution is -2.18. The molecule has 0 aliphatic rings. The summed E-state index contributed by atoms with van der Waals surface area (Å²) in [6.07, 6.45) is 3.62. The third-order valence-electron chi connectivity index (χ3n) is 4.04. The summed E-state index contributed by atoms with van der Waals surface area (Å²) in [5.74, 6) is 0.0588. The zero-order valence-corrected chi connectivity index (χ0v) is 18.1. The summed E-state index contributed by atoms with van der Waals surface area (Å²) in [5, 5.41) is 3.55. The van der Waals surface area contributed by atoms with Gasteiger partial charge in [0.15, 0.2) is 5.16 Å². The number of rotatable bonds is 6. The normalized spacial score (nSPS) is 10.6. The van der Waals surface area contributed by atoms with Crippen molar-refractivity contribution in [3.8, 4) is 5.69 Å². The molecule has 8 heteroatoms. The Labute approximate surface area is 178 Å². The molecule has 1 N–H and O–H groups in total. The third-order valence-corrected chi connectivity index (χ3v) is 6.12. The molecule has 0 unspecified atom stereocenters. The molecule has 150 valence electrons. The molecule has 2 amide bonds. The van der Waals surface area contributed by atoms with Gasteiger partial charge in [0, 0.05) is 31.4 Å². The average molecular weight is 427 g/mol. The lowest BCUT2D eigenvalue weighted by atomic mass is 10.2. The number of hydrogen-bond donors (Lipinski definition) is 1. The standard InChI is InChI=1S/C21H22N4O2S2/c1-15-8-4-6-10-17(15)25-13-12-22-20(25)28-14-19(26)23-16-9-5-7-11-18(16)29-21(27)24(2)3/h4-13H,14H2,1-3H3,(H,23,26). The van der Waals surface area contributed by atoms with Gasteiger partial charge >= 0.3 is 0 Å². The van der Waals surface area contributed by atoms with Gasteiger partial charge in [0.1, 0.15) is 0 Å². The lowest BCUT2D eigenvalue weighted by molar-refractivity contribution is -0.113. The summed E-state index contributed by atoms with van der Waals surface area (Å²) in [4.78, 5) is 31.1. The molecule has 0 atom stereocenters. The van der Waals surface area contributed by atoms with E-state index in [4.69, 9.17) is 0 Å². The highest BCUT2D eigenvalue weighted by Crippen LogP contribution is 2.29. The minimum absolute atomic E-state index is 0.0960. The van der Waals surface area contributed by atoms with Crippen LogP contribution in [0.4, 0.5) is 10.5 Å². The number of aryl methyl sites for hydroxylation is 1. The molecule has 6 nitrogen and oxygen atoms in total. The molecule has 29 heavy (non-hydrogen) atoms. The molecule has 0 bridgehead atoms. The Morgan fingerprint density at radius 1 is 1.10 bits per heavy atom. The van der Waals surface area contributed by atoms with Crippen LogP contribution in [0.1, 0.15) is 5.56 Å². The van der Waals surface area contributed by atoms with E-state index in [9.17, 15) is 9.59 Å². The Bertz CT molecular complexity index is 1020. The Morgan fingerprint density at radius 3 is 2.59 bits per heavy atom. The molecule has 0 radical (unpaired) electrons. The first-order valence-corrected chi connectivity index (χ1v) is 10.8. The fourth-order valence-electron chi connectivity index (χ4n) is 2.57. The molecule has 0 fully saturated rings. The van der Waals surface area contributed by atoms with E-state index in [2.05, 4.69) is 10.3 Å². The van der Waals surface area contributed by atoms with Crippen molar-refractivity contribution in [3.63, 3.8) is 0 Å². The van der Waals surface area contributed by atoms with Crippen molar-refractivity contribution in [3.05, 3.63) is 66.5 Å². The van der Waals surface area contributed by atoms with E-state index in [1.54, 1.807) is 26.4 Å². The van der Waals surface area contributed by atoms with Crippen LogP contribution in [0.25, 0.3) is 5.69 Å². The van der Waals surface area contributed by atoms with Crippen molar-refractivity contribution < 1.29 is 9.59 Å². The van der Waals surface area contributed by atoms with Gasteiger partial charge in [-0.05, 0) is 42.4 Å². The highest BCUT2D eigenvalue weighted by Gasteiger charge is 2.14. The largest absolute Gasteiger partial charge is 0.339 e. The van der Waals surface area contributed by atoms with Crippen LogP contribution in [0.3, 0.4) is 0 Å². The number of carbonyl (C=O) groups excluding carboxylic acids is 2. The van der Waals surface area contributed by atoms with Gasteiger partial charge in [0.05, 0.1) is 17.1 Å². The minimum Gasteiger partial charge on any atom is -0.339 e. The summed E-state index contributed by atoms with van der Waals surface area (Å²) in [6, 6.07) is 15.3. The fourth-order valence-corrected chi connectivity index (χ4v) is 4.09. The summed E-state index contributed by atoms with van der Waals surface area (Å²) in [5.41, 5.74) is 2.80. The zero-order chi connectivity index (χ0) is 20.8. The number of imidazole rings is 1. The second-order valence-corrected chi connectivity index (χ2v) is 8.40.